The Morgan fingerprint density at radius 1 is 1.17 bits per heavy atom. The molecule has 1 N–H and O–H groups in total. The third-order valence-electron chi connectivity index (χ3n) is 3.27. The van der Waals surface area contributed by atoms with Crippen molar-refractivity contribution < 1.29 is 4.79 Å². The molecule has 1 unspecified atom stereocenters. The van der Waals surface area contributed by atoms with Gasteiger partial charge in [-0.3, -0.25) is 4.79 Å². The molecule has 0 saturated carbocycles. The molecule has 0 aliphatic heterocycles. The lowest BCUT2D eigenvalue weighted by molar-refractivity contribution is 0.0914. The lowest BCUT2D eigenvalue weighted by atomic mass is 9.99. The van der Waals surface area contributed by atoms with Gasteiger partial charge in [0.05, 0.1) is 0 Å². The summed E-state index contributed by atoms with van der Waals surface area (Å²) >= 11 is 3.51. The zero-order chi connectivity index (χ0) is 13.9. The van der Waals surface area contributed by atoms with E-state index in [2.05, 4.69) is 35.1 Å². The summed E-state index contributed by atoms with van der Waals surface area (Å²) in [6.45, 7) is 10.3. The molecule has 0 aromatic heterocycles. The van der Waals surface area contributed by atoms with Gasteiger partial charge in [-0.1, -0.05) is 48.8 Å². The Morgan fingerprint density at radius 2 is 1.67 bits per heavy atom. The highest BCUT2D eigenvalue weighted by Gasteiger charge is 2.26. The summed E-state index contributed by atoms with van der Waals surface area (Å²) in [4.78, 5) is 12.3. The van der Waals surface area contributed by atoms with Crippen LogP contribution in [0.2, 0.25) is 0 Å². The molecule has 1 aromatic rings. The van der Waals surface area contributed by atoms with Crippen LogP contribution in [-0.2, 0) is 0 Å². The largest absolute Gasteiger partial charge is 0.346 e. The summed E-state index contributed by atoms with van der Waals surface area (Å²) in [5.74, 6) is 0.461. The molecule has 0 bridgehead atoms. The monoisotopic (exact) mass is 311 g/mol. The molecule has 0 aliphatic rings. The molecule has 0 aliphatic carbocycles. The number of benzene rings is 1. The maximum absolute atomic E-state index is 12.1. The van der Waals surface area contributed by atoms with Crippen molar-refractivity contribution in [3.63, 3.8) is 0 Å². The molecule has 0 fully saturated rings. The van der Waals surface area contributed by atoms with Gasteiger partial charge < -0.3 is 5.32 Å². The number of nitrogens with one attached hydrogen (secondary N) is 1. The van der Waals surface area contributed by atoms with Gasteiger partial charge in [0.25, 0.3) is 5.91 Å². The first kappa shape index (κ1) is 15.2. The predicted octanol–water partition coefficient (Wildman–Crippen LogP) is 4.10. The summed E-state index contributed by atoms with van der Waals surface area (Å²) in [7, 11) is 0. The van der Waals surface area contributed by atoms with Gasteiger partial charge in [-0.2, -0.15) is 0 Å². The number of halogens is 1. The lowest BCUT2D eigenvalue weighted by Gasteiger charge is -2.29. The van der Waals surface area contributed by atoms with E-state index >= 15 is 0 Å². The second kappa shape index (κ2) is 5.87. The topological polar surface area (TPSA) is 29.1 Å². The molecule has 0 spiro atoms. The normalized spacial score (nSPS) is 13.5. The van der Waals surface area contributed by atoms with Crippen LogP contribution in [0, 0.1) is 0 Å². The first-order valence-electron chi connectivity index (χ1n) is 6.30. The number of amides is 1. The Kier molecular flexibility index (Phi) is 4.97. The van der Waals surface area contributed by atoms with Crippen LogP contribution < -0.4 is 5.32 Å². The van der Waals surface area contributed by atoms with E-state index in [0.717, 1.165) is 0 Å². The quantitative estimate of drug-likeness (QED) is 0.833. The van der Waals surface area contributed by atoms with E-state index in [1.165, 1.54) is 5.56 Å². The SMILES string of the molecule is CC(C)c1ccc(C(=O)NC(C)(C)C(C)Br)cc1. The van der Waals surface area contributed by atoms with Crippen LogP contribution in [0.3, 0.4) is 0 Å². The van der Waals surface area contributed by atoms with Crippen molar-refractivity contribution in [2.75, 3.05) is 0 Å². The molecule has 1 aromatic carbocycles. The van der Waals surface area contributed by atoms with E-state index in [4.69, 9.17) is 0 Å². The van der Waals surface area contributed by atoms with Crippen molar-refractivity contribution in [2.45, 2.75) is 50.9 Å². The van der Waals surface area contributed by atoms with Crippen LogP contribution in [0.25, 0.3) is 0 Å². The summed E-state index contributed by atoms with van der Waals surface area (Å²) in [5, 5.41) is 3.03. The lowest BCUT2D eigenvalue weighted by Crippen LogP contribution is -2.48. The Hall–Kier alpha value is -0.830. The van der Waals surface area contributed by atoms with E-state index < -0.39 is 0 Å². The summed E-state index contributed by atoms with van der Waals surface area (Å²) in [6, 6.07) is 7.81. The van der Waals surface area contributed by atoms with Crippen molar-refractivity contribution in [2.24, 2.45) is 0 Å². The second-order valence-corrected chi connectivity index (χ2v) is 6.94. The fraction of sp³-hybridized carbons (Fsp3) is 0.533. The van der Waals surface area contributed by atoms with Crippen molar-refractivity contribution in [1.82, 2.24) is 5.32 Å². The first-order valence-corrected chi connectivity index (χ1v) is 7.22. The fourth-order valence-corrected chi connectivity index (χ4v) is 1.60. The third kappa shape index (κ3) is 3.84. The van der Waals surface area contributed by atoms with Crippen molar-refractivity contribution in [1.29, 1.82) is 0 Å². The van der Waals surface area contributed by atoms with Gasteiger partial charge in [0.1, 0.15) is 0 Å². The first-order chi connectivity index (χ1) is 8.24. The average molecular weight is 312 g/mol. The number of hydrogen-bond acceptors (Lipinski definition) is 1. The molecule has 1 amide bonds. The van der Waals surface area contributed by atoms with Crippen LogP contribution in [0.5, 0.6) is 0 Å². The minimum absolute atomic E-state index is 0.0263. The van der Waals surface area contributed by atoms with Gasteiger partial charge in [-0.25, -0.2) is 0 Å². The molecule has 18 heavy (non-hydrogen) atoms. The predicted molar refractivity (Wildman–Crippen MR) is 80.5 cm³/mol. The maximum atomic E-state index is 12.1. The molecule has 1 atom stereocenters. The molecule has 0 saturated heterocycles. The zero-order valence-electron chi connectivity index (χ0n) is 11.8. The molecular weight excluding hydrogens is 290 g/mol. The van der Waals surface area contributed by atoms with E-state index in [-0.39, 0.29) is 16.3 Å². The van der Waals surface area contributed by atoms with Gasteiger partial charge >= 0.3 is 0 Å². The number of rotatable bonds is 4. The maximum Gasteiger partial charge on any atom is 0.251 e. The second-order valence-electron chi connectivity index (χ2n) is 5.57. The number of carbonyl (C=O) groups is 1. The molecular formula is C15H22BrNO. The molecule has 0 radical (unpaired) electrons. The summed E-state index contributed by atoms with van der Waals surface area (Å²) in [5.41, 5.74) is 1.69. The highest BCUT2D eigenvalue weighted by Crippen LogP contribution is 2.18. The van der Waals surface area contributed by atoms with Crippen LogP contribution in [0.15, 0.2) is 24.3 Å². The number of alkyl halides is 1. The van der Waals surface area contributed by atoms with Crippen LogP contribution in [0.1, 0.15) is 56.5 Å². The molecule has 0 heterocycles. The van der Waals surface area contributed by atoms with Gasteiger partial charge in [0.15, 0.2) is 0 Å². The summed E-state index contributed by atoms with van der Waals surface area (Å²) < 4.78 is 0. The van der Waals surface area contributed by atoms with Crippen LogP contribution in [-0.4, -0.2) is 16.3 Å². The van der Waals surface area contributed by atoms with Crippen molar-refractivity contribution >= 4 is 21.8 Å². The number of carbonyl (C=O) groups excluding carboxylic acids is 1. The Morgan fingerprint density at radius 3 is 2.06 bits per heavy atom. The molecule has 1 rings (SSSR count). The molecule has 2 nitrogen and oxygen atoms in total. The molecule has 100 valence electrons. The average Bonchev–Trinajstić information content (AvgIpc) is 2.28. The van der Waals surface area contributed by atoms with Gasteiger partial charge in [0.2, 0.25) is 0 Å². The minimum Gasteiger partial charge on any atom is -0.346 e. The minimum atomic E-state index is -0.270. The van der Waals surface area contributed by atoms with E-state index in [0.29, 0.717) is 11.5 Å². The van der Waals surface area contributed by atoms with Crippen molar-refractivity contribution in [3.05, 3.63) is 35.4 Å². The van der Waals surface area contributed by atoms with Gasteiger partial charge in [-0.15, -0.1) is 0 Å². The van der Waals surface area contributed by atoms with Crippen LogP contribution in [0.4, 0.5) is 0 Å². The standard InChI is InChI=1S/C15H22BrNO/c1-10(2)12-6-8-13(9-7-12)14(18)17-15(4,5)11(3)16/h6-11H,1-5H3,(H,17,18). The molecule has 3 heteroatoms. The van der Waals surface area contributed by atoms with E-state index in [1.54, 1.807) is 0 Å². The smallest absolute Gasteiger partial charge is 0.251 e. The number of hydrogen-bond donors (Lipinski definition) is 1. The van der Waals surface area contributed by atoms with Crippen molar-refractivity contribution in [3.8, 4) is 0 Å². The highest BCUT2D eigenvalue weighted by molar-refractivity contribution is 9.09. The van der Waals surface area contributed by atoms with E-state index in [9.17, 15) is 4.79 Å². The summed E-state index contributed by atoms with van der Waals surface area (Å²) in [6.07, 6.45) is 0. The van der Waals surface area contributed by atoms with Gasteiger partial charge in [0, 0.05) is 15.9 Å². The van der Waals surface area contributed by atoms with E-state index in [1.807, 2.05) is 45.0 Å². The Bertz CT molecular complexity index is 407. The van der Waals surface area contributed by atoms with Crippen LogP contribution >= 0.6 is 15.9 Å². The van der Waals surface area contributed by atoms with Gasteiger partial charge in [-0.05, 0) is 37.5 Å². The Balaban J connectivity index is 2.79. The Labute approximate surface area is 118 Å². The zero-order valence-corrected chi connectivity index (χ0v) is 13.3. The fourth-order valence-electron chi connectivity index (χ4n) is 1.48. The highest BCUT2D eigenvalue weighted by atomic mass is 79.9. The third-order valence-corrected chi connectivity index (χ3v) is 4.41.